The summed E-state index contributed by atoms with van der Waals surface area (Å²) in [6, 6.07) is 10.2. The van der Waals surface area contributed by atoms with Gasteiger partial charge in [0, 0.05) is 23.7 Å². The van der Waals surface area contributed by atoms with Crippen molar-refractivity contribution in [3.05, 3.63) is 92.9 Å². The molecule has 3 aliphatic rings. The van der Waals surface area contributed by atoms with Crippen LogP contribution >= 0.6 is 11.8 Å². The second-order valence-corrected chi connectivity index (χ2v) is 11.2. The minimum Gasteiger partial charge on any atom is -0.502 e. The molecule has 6 rings (SSSR count). The average molecular weight is 515 g/mol. The Bertz CT molecular complexity index is 1510. The summed E-state index contributed by atoms with van der Waals surface area (Å²) in [5.41, 5.74) is 0.00519. The van der Waals surface area contributed by atoms with Crippen LogP contribution in [0.3, 0.4) is 0 Å². The lowest BCUT2D eigenvalue weighted by Gasteiger charge is -2.52. The van der Waals surface area contributed by atoms with Crippen LogP contribution in [0.5, 0.6) is 5.75 Å². The van der Waals surface area contributed by atoms with Gasteiger partial charge in [-0.2, -0.15) is 0 Å². The van der Waals surface area contributed by atoms with Gasteiger partial charge in [0.15, 0.2) is 23.1 Å². The van der Waals surface area contributed by atoms with Gasteiger partial charge in [0.25, 0.3) is 5.91 Å². The number of carbonyl (C=O) groups is 1. The monoisotopic (exact) mass is 515 g/mol. The molecule has 0 spiro atoms. The van der Waals surface area contributed by atoms with Gasteiger partial charge >= 0.3 is 0 Å². The van der Waals surface area contributed by atoms with Gasteiger partial charge in [-0.25, -0.2) is 8.78 Å². The summed E-state index contributed by atoms with van der Waals surface area (Å²) in [6.07, 6.45) is 2.34. The Morgan fingerprint density at radius 2 is 1.81 bits per heavy atom. The first-order valence-corrected chi connectivity index (χ1v) is 12.8. The number of amides is 1. The molecule has 3 aliphatic heterocycles. The average Bonchev–Trinajstić information content (AvgIpc) is 2.95. The number of hydrogen-bond donors (Lipinski definition) is 1. The molecule has 0 aliphatic carbocycles. The van der Waals surface area contributed by atoms with Crippen molar-refractivity contribution >= 4 is 33.4 Å². The van der Waals surface area contributed by atoms with E-state index in [4.69, 9.17) is 15.7 Å². The number of halogens is 2. The van der Waals surface area contributed by atoms with E-state index in [1.807, 2.05) is 24.1 Å². The molecule has 0 unspecified atom stereocenters. The van der Waals surface area contributed by atoms with Crippen molar-refractivity contribution in [1.82, 2.24) is 9.58 Å². The zero-order valence-electron chi connectivity index (χ0n) is 19.9. The van der Waals surface area contributed by atoms with Gasteiger partial charge < -0.3 is 10.0 Å². The zero-order valence-corrected chi connectivity index (χ0v) is 20.7. The van der Waals surface area contributed by atoms with E-state index in [-0.39, 0.29) is 17.2 Å². The first kappa shape index (κ1) is 24.2. The van der Waals surface area contributed by atoms with Crippen molar-refractivity contribution in [2.24, 2.45) is 5.92 Å². The van der Waals surface area contributed by atoms with Crippen LogP contribution in [0.25, 0.3) is 0 Å². The maximum atomic E-state index is 15.5. The molecule has 1 fully saturated rings. The van der Waals surface area contributed by atoms with E-state index in [1.165, 1.54) is 23.0 Å². The Morgan fingerprint density at radius 3 is 2.59 bits per heavy atom. The minimum atomic E-state index is -1.80. The van der Waals surface area contributed by atoms with Gasteiger partial charge in [0.2, 0.25) is 5.43 Å². The second kappa shape index (κ2) is 8.41. The smallest absolute Gasteiger partial charge is 0.278 e. The van der Waals surface area contributed by atoms with Crippen LogP contribution in [0.2, 0.25) is 0 Å². The number of piperidine rings is 1. The number of benzene rings is 2. The third kappa shape index (κ3) is 3.54. The molecule has 184 valence electrons. The molecule has 2 aromatic carbocycles. The second-order valence-electron chi connectivity index (χ2n) is 9.88. The highest BCUT2D eigenvalue weighted by molar-refractivity contribution is 8.02. The number of carbonyl (C=O) groups excluding carboxylic acids is 1. The number of fused-ring (bicyclic) bond motifs is 4. The maximum absolute atomic E-state index is 15.5. The zero-order chi connectivity index (χ0) is 26.2. The molecule has 3 aromatic rings. The molecular formula is C26H21B2F2N3O3S. The van der Waals surface area contributed by atoms with Gasteiger partial charge in [-0.3, -0.25) is 19.3 Å². The lowest BCUT2D eigenvalue weighted by atomic mass is 9.63. The minimum absolute atomic E-state index is 0.178. The van der Waals surface area contributed by atoms with Gasteiger partial charge in [0.05, 0.1) is 21.7 Å². The summed E-state index contributed by atoms with van der Waals surface area (Å²) in [7, 11) is 12.9. The molecule has 1 amide bonds. The van der Waals surface area contributed by atoms with Crippen molar-refractivity contribution in [3.8, 4) is 5.75 Å². The van der Waals surface area contributed by atoms with Gasteiger partial charge in [-0.1, -0.05) is 31.2 Å². The molecule has 6 nitrogen and oxygen atoms in total. The van der Waals surface area contributed by atoms with E-state index < -0.39 is 45.5 Å². The SMILES string of the molecule is [B]C1([B])Sc2ccccc2[C@@H](N2[C@@H]3CC[C@@H](C)CN3C(=O)c3c(O)c(=O)ccn32)c2ccc(F)c(F)c21. The summed E-state index contributed by atoms with van der Waals surface area (Å²) in [5.74, 6) is -3.14. The molecule has 1 N–H and O–H groups in total. The van der Waals surface area contributed by atoms with E-state index in [9.17, 15) is 19.1 Å². The van der Waals surface area contributed by atoms with E-state index in [0.717, 1.165) is 29.8 Å². The number of thioether (sulfide) groups is 1. The predicted octanol–water partition coefficient (Wildman–Crippen LogP) is 3.32. The number of pyridine rings is 1. The van der Waals surface area contributed by atoms with E-state index >= 15 is 4.39 Å². The van der Waals surface area contributed by atoms with E-state index in [2.05, 4.69) is 0 Å². The fraction of sp³-hybridized carbons (Fsp3) is 0.308. The van der Waals surface area contributed by atoms with Gasteiger partial charge in [-0.05, 0) is 52.1 Å². The van der Waals surface area contributed by atoms with Gasteiger partial charge in [-0.15, -0.1) is 11.8 Å². The molecule has 3 atom stereocenters. The normalized spacial score (nSPS) is 24.0. The number of hydrogen-bond acceptors (Lipinski definition) is 5. The Labute approximate surface area is 219 Å². The summed E-state index contributed by atoms with van der Waals surface area (Å²) in [6.45, 7) is 2.44. The van der Waals surface area contributed by atoms with Crippen LogP contribution in [0.1, 0.15) is 53.0 Å². The number of aromatic hydroxyl groups is 1. The van der Waals surface area contributed by atoms with Crippen LogP contribution in [-0.4, -0.2) is 49.0 Å². The maximum Gasteiger partial charge on any atom is 0.278 e. The third-order valence-electron chi connectivity index (χ3n) is 7.43. The number of aromatic nitrogens is 1. The summed E-state index contributed by atoms with van der Waals surface area (Å²) in [4.78, 5) is 28.3. The molecule has 4 radical (unpaired) electrons. The van der Waals surface area contributed by atoms with Crippen molar-refractivity contribution in [2.45, 2.75) is 41.4 Å². The molecule has 37 heavy (non-hydrogen) atoms. The van der Waals surface area contributed by atoms with Crippen LogP contribution in [-0.2, 0) is 4.55 Å². The molecule has 0 bridgehead atoms. The molecule has 1 saturated heterocycles. The van der Waals surface area contributed by atoms with Crippen molar-refractivity contribution in [2.75, 3.05) is 11.6 Å². The largest absolute Gasteiger partial charge is 0.502 e. The Balaban J connectivity index is 1.70. The predicted molar refractivity (Wildman–Crippen MR) is 137 cm³/mol. The standard InChI is InChI=1S/C26H21B2F2N3O3S/c1-13-6-9-19-31(12-13)25(36)23-24(35)17(34)10-11-32(23)33(19)22-14-4-2-3-5-18(14)37-26(27,28)20-15(22)7-8-16(29)21(20)30/h2-5,7-8,10-11,13,19,22,35H,6,9,12H2,1H3/t13-,19-,22-/m1/s1. The quantitative estimate of drug-likeness (QED) is 0.505. The lowest BCUT2D eigenvalue weighted by molar-refractivity contribution is 0.0381. The highest BCUT2D eigenvalue weighted by Gasteiger charge is 2.48. The fourth-order valence-corrected chi connectivity index (χ4v) is 6.91. The fourth-order valence-electron chi connectivity index (χ4n) is 5.79. The highest BCUT2D eigenvalue weighted by atomic mass is 32.2. The molecule has 0 saturated carbocycles. The van der Waals surface area contributed by atoms with Crippen molar-refractivity contribution in [1.29, 1.82) is 0 Å². The Morgan fingerprint density at radius 1 is 1.05 bits per heavy atom. The van der Waals surface area contributed by atoms with Crippen molar-refractivity contribution in [3.63, 3.8) is 0 Å². The summed E-state index contributed by atoms with van der Waals surface area (Å²) in [5, 5.41) is 12.6. The topological polar surface area (TPSA) is 65.8 Å². The number of nitrogens with zero attached hydrogens (tertiary/aromatic N) is 3. The summed E-state index contributed by atoms with van der Waals surface area (Å²) >= 11 is 1.02. The van der Waals surface area contributed by atoms with Crippen LogP contribution in [0, 0.1) is 17.6 Å². The molecule has 1 aromatic heterocycles. The van der Waals surface area contributed by atoms with Crippen LogP contribution in [0.4, 0.5) is 8.78 Å². The van der Waals surface area contributed by atoms with Crippen LogP contribution < -0.4 is 10.4 Å². The molecule has 11 heteroatoms. The van der Waals surface area contributed by atoms with E-state index in [0.29, 0.717) is 23.4 Å². The van der Waals surface area contributed by atoms with E-state index in [1.54, 1.807) is 17.0 Å². The van der Waals surface area contributed by atoms with Crippen LogP contribution in [0.15, 0.2) is 58.4 Å². The summed E-state index contributed by atoms with van der Waals surface area (Å²) < 4.78 is 29.7. The van der Waals surface area contributed by atoms with Gasteiger partial charge in [0.1, 0.15) is 6.17 Å². The third-order valence-corrected chi connectivity index (χ3v) is 8.56. The number of rotatable bonds is 1. The lowest BCUT2D eigenvalue weighted by Crippen LogP contribution is -2.64. The molecular weight excluding hydrogens is 494 g/mol. The Hall–Kier alpha value is -3.20. The van der Waals surface area contributed by atoms with Crippen molar-refractivity contribution < 1.29 is 18.7 Å². The Kier molecular flexibility index (Phi) is 5.49. The highest BCUT2D eigenvalue weighted by Crippen LogP contribution is 2.51. The molecule has 4 heterocycles. The first-order valence-electron chi connectivity index (χ1n) is 12.0. The first-order chi connectivity index (χ1) is 17.6.